The van der Waals surface area contributed by atoms with Gasteiger partial charge in [0.1, 0.15) is 5.82 Å². The Bertz CT molecular complexity index is 1420. The Morgan fingerprint density at radius 1 is 1.00 bits per heavy atom. The summed E-state index contributed by atoms with van der Waals surface area (Å²) < 4.78 is 2.27. The lowest BCUT2D eigenvalue weighted by Gasteiger charge is -2.34. The number of hydrogen-bond donors (Lipinski definition) is 2. The van der Waals surface area contributed by atoms with Crippen LogP contribution in [0.2, 0.25) is 0 Å². The Hall–Kier alpha value is -3.84. The molecule has 2 aliphatic rings. The van der Waals surface area contributed by atoms with Crippen molar-refractivity contribution in [3.05, 3.63) is 84.2 Å². The molecule has 0 spiro atoms. The van der Waals surface area contributed by atoms with Gasteiger partial charge in [0.25, 0.3) is 5.91 Å². The number of nitrogen functional groups attached to an aromatic ring is 1. The van der Waals surface area contributed by atoms with Crippen molar-refractivity contribution >= 4 is 34.0 Å². The maximum Gasteiger partial charge on any atom is 0.257 e. The summed E-state index contributed by atoms with van der Waals surface area (Å²) in [5.41, 5.74) is 10.5. The first-order valence-electron chi connectivity index (χ1n) is 13.7. The fourth-order valence-electron chi connectivity index (χ4n) is 6.17. The maximum atomic E-state index is 12.6. The molecule has 1 amide bonds. The number of anilines is 3. The largest absolute Gasteiger partial charge is 0.397 e. The zero-order chi connectivity index (χ0) is 26.1. The van der Waals surface area contributed by atoms with Gasteiger partial charge in [-0.3, -0.25) is 4.79 Å². The summed E-state index contributed by atoms with van der Waals surface area (Å²) in [6.45, 7) is 5.54. The highest BCUT2D eigenvalue weighted by Crippen LogP contribution is 2.34. The van der Waals surface area contributed by atoms with Crippen LogP contribution in [0.15, 0.2) is 73.1 Å². The first-order valence-corrected chi connectivity index (χ1v) is 13.7. The van der Waals surface area contributed by atoms with Gasteiger partial charge in [0.05, 0.1) is 16.9 Å². The number of carbonyl (C=O) groups is 1. The summed E-state index contributed by atoms with van der Waals surface area (Å²) in [6.07, 6.45) is 7.59. The second-order valence-electron chi connectivity index (χ2n) is 10.8. The van der Waals surface area contributed by atoms with Crippen LogP contribution in [0.3, 0.4) is 0 Å². The Balaban J connectivity index is 1.00. The van der Waals surface area contributed by atoms with Gasteiger partial charge in [-0.2, -0.15) is 0 Å². The lowest BCUT2D eigenvalue weighted by atomic mass is 9.96. The quantitative estimate of drug-likeness (QED) is 0.354. The number of amides is 1. The van der Waals surface area contributed by atoms with Crippen LogP contribution in [0.25, 0.3) is 10.9 Å². The molecule has 2 saturated heterocycles. The number of pyridine rings is 1. The van der Waals surface area contributed by atoms with E-state index in [1.54, 1.807) is 18.3 Å². The van der Waals surface area contributed by atoms with Gasteiger partial charge in [0.15, 0.2) is 0 Å². The highest BCUT2D eigenvalue weighted by atomic mass is 16.1. The van der Waals surface area contributed by atoms with Gasteiger partial charge < -0.3 is 25.4 Å². The molecule has 0 radical (unpaired) electrons. The molecule has 1 unspecified atom stereocenters. The standard InChI is InChI=1S/C31H36N6O/c1-35-21-26(25-6-2-5-9-29(25)35)24-14-15-36(20-24)19-22-12-16-37(17-13-22)30-11-10-23(18-33-30)31(38)34-28-8-4-3-7-27(28)32/h2-11,18,21-22,24H,12-17,19-20,32H2,1H3,(H,34,38). The highest BCUT2D eigenvalue weighted by molar-refractivity contribution is 6.05. The number of aryl methyl sites for hydroxylation is 1. The van der Waals surface area contributed by atoms with Gasteiger partial charge in [0.2, 0.25) is 0 Å². The van der Waals surface area contributed by atoms with Crippen LogP contribution in [0.1, 0.15) is 41.1 Å². The number of carbonyl (C=O) groups excluding carboxylic acids is 1. The molecule has 2 aromatic heterocycles. The van der Waals surface area contributed by atoms with Crippen molar-refractivity contribution in [2.24, 2.45) is 13.0 Å². The molecule has 2 fully saturated rings. The Kier molecular flexibility index (Phi) is 6.77. The van der Waals surface area contributed by atoms with Crippen molar-refractivity contribution < 1.29 is 4.79 Å². The molecule has 2 aromatic carbocycles. The zero-order valence-corrected chi connectivity index (χ0v) is 22.0. The number of rotatable bonds is 6. The van der Waals surface area contributed by atoms with E-state index in [0.717, 1.165) is 31.4 Å². The monoisotopic (exact) mass is 508 g/mol. The smallest absolute Gasteiger partial charge is 0.257 e. The third-order valence-electron chi connectivity index (χ3n) is 8.31. The molecule has 0 bridgehead atoms. The Morgan fingerprint density at radius 2 is 1.79 bits per heavy atom. The maximum absolute atomic E-state index is 12.6. The van der Waals surface area contributed by atoms with Gasteiger partial charge in [-0.05, 0) is 73.5 Å². The molecule has 2 aliphatic heterocycles. The van der Waals surface area contributed by atoms with Crippen molar-refractivity contribution in [3.63, 3.8) is 0 Å². The lowest BCUT2D eigenvalue weighted by molar-refractivity contribution is 0.102. The SMILES string of the molecule is Cn1cc(C2CCN(CC3CCN(c4ccc(C(=O)Nc5ccccc5N)cn4)CC3)C2)c2ccccc21. The fourth-order valence-corrected chi connectivity index (χ4v) is 6.17. The van der Waals surface area contributed by atoms with Crippen molar-refractivity contribution in [1.29, 1.82) is 0 Å². The molecule has 4 aromatic rings. The summed E-state index contributed by atoms with van der Waals surface area (Å²) in [5.74, 6) is 2.09. The number of nitrogens with two attached hydrogens (primary N) is 1. The number of fused-ring (bicyclic) bond motifs is 1. The lowest BCUT2D eigenvalue weighted by Crippen LogP contribution is -2.38. The van der Waals surface area contributed by atoms with E-state index in [9.17, 15) is 4.79 Å². The molecule has 6 rings (SSSR count). The number of benzene rings is 2. The third-order valence-corrected chi connectivity index (χ3v) is 8.31. The van der Waals surface area contributed by atoms with Crippen LogP contribution in [0, 0.1) is 5.92 Å². The first-order chi connectivity index (χ1) is 18.5. The van der Waals surface area contributed by atoms with Crippen molar-refractivity contribution in [3.8, 4) is 0 Å². The molecule has 38 heavy (non-hydrogen) atoms. The van der Waals surface area contributed by atoms with Crippen molar-refractivity contribution in [2.75, 3.05) is 48.7 Å². The predicted octanol–water partition coefficient (Wildman–Crippen LogP) is 5.11. The highest BCUT2D eigenvalue weighted by Gasteiger charge is 2.29. The van der Waals surface area contributed by atoms with Gasteiger partial charge >= 0.3 is 0 Å². The van der Waals surface area contributed by atoms with Gasteiger partial charge in [-0.25, -0.2) is 4.98 Å². The second-order valence-corrected chi connectivity index (χ2v) is 10.8. The number of piperidine rings is 1. The van der Waals surface area contributed by atoms with Gasteiger partial charge in [0, 0.05) is 56.5 Å². The van der Waals surface area contributed by atoms with Gasteiger partial charge in [-0.1, -0.05) is 30.3 Å². The Labute approximate surface area is 224 Å². The summed E-state index contributed by atoms with van der Waals surface area (Å²) in [6, 6.07) is 19.8. The van der Waals surface area contributed by atoms with Crippen LogP contribution in [0.5, 0.6) is 0 Å². The van der Waals surface area contributed by atoms with E-state index in [1.807, 2.05) is 24.3 Å². The first kappa shape index (κ1) is 24.5. The summed E-state index contributed by atoms with van der Waals surface area (Å²) in [4.78, 5) is 22.2. The molecule has 0 aliphatic carbocycles. The Morgan fingerprint density at radius 3 is 2.58 bits per heavy atom. The fraction of sp³-hybridized carbons (Fsp3) is 0.355. The van der Waals surface area contributed by atoms with E-state index >= 15 is 0 Å². The topological polar surface area (TPSA) is 79.4 Å². The molecular formula is C31H36N6O. The predicted molar refractivity (Wildman–Crippen MR) is 155 cm³/mol. The van der Waals surface area contributed by atoms with E-state index in [-0.39, 0.29) is 5.91 Å². The van der Waals surface area contributed by atoms with Crippen LogP contribution >= 0.6 is 0 Å². The average Bonchev–Trinajstić information content (AvgIpc) is 3.55. The number of nitrogens with zero attached hydrogens (tertiary/aromatic N) is 4. The van der Waals surface area contributed by atoms with Crippen LogP contribution < -0.4 is 16.0 Å². The minimum atomic E-state index is -0.201. The molecule has 196 valence electrons. The summed E-state index contributed by atoms with van der Waals surface area (Å²) >= 11 is 0. The van der Waals surface area contributed by atoms with E-state index in [1.165, 1.54) is 48.8 Å². The van der Waals surface area contributed by atoms with Crippen LogP contribution in [-0.2, 0) is 7.05 Å². The van der Waals surface area contributed by atoms with Crippen LogP contribution in [0.4, 0.5) is 17.2 Å². The van der Waals surface area contributed by atoms with Gasteiger partial charge in [-0.15, -0.1) is 0 Å². The molecule has 0 saturated carbocycles. The summed E-state index contributed by atoms with van der Waals surface area (Å²) in [5, 5.41) is 4.28. The van der Waals surface area contributed by atoms with E-state index in [0.29, 0.717) is 22.9 Å². The third kappa shape index (κ3) is 4.98. The number of hydrogen-bond acceptors (Lipinski definition) is 5. The normalized spacial score (nSPS) is 18.8. The molecule has 7 heteroatoms. The zero-order valence-electron chi connectivity index (χ0n) is 22.0. The van der Waals surface area contributed by atoms with Crippen molar-refractivity contribution in [2.45, 2.75) is 25.2 Å². The van der Waals surface area contributed by atoms with Crippen molar-refractivity contribution in [1.82, 2.24) is 14.5 Å². The number of para-hydroxylation sites is 3. The molecule has 7 nitrogen and oxygen atoms in total. The minimum absolute atomic E-state index is 0.201. The minimum Gasteiger partial charge on any atom is -0.397 e. The molecule has 1 atom stereocenters. The number of likely N-dealkylation sites (tertiary alicyclic amines) is 1. The molecule has 3 N–H and O–H groups in total. The average molecular weight is 509 g/mol. The number of nitrogens with one attached hydrogen (secondary N) is 1. The van der Waals surface area contributed by atoms with E-state index in [4.69, 9.17) is 5.73 Å². The van der Waals surface area contributed by atoms with Crippen LogP contribution in [-0.4, -0.2) is 53.1 Å². The number of aromatic nitrogens is 2. The summed E-state index contributed by atoms with van der Waals surface area (Å²) in [7, 11) is 2.16. The second kappa shape index (κ2) is 10.5. The van der Waals surface area contributed by atoms with E-state index < -0.39 is 0 Å². The molecule has 4 heterocycles. The van der Waals surface area contributed by atoms with E-state index in [2.05, 4.69) is 62.2 Å². The molecular weight excluding hydrogens is 472 g/mol.